The molecule has 0 amide bonds. The van der Waals surface area contributed by atoms with Crippen molar-refractivity contribution in [3.63, 3.8) is 0 Å². The van der Waals surface area contributed by atoms with E-state index in [1.54, 1.807) is 0 Å². The van der Waals surface area contributed by atoms with E-state index in [1.807, 2.05) is 30.6 Å². The lowest BCUT2D eigenvalue weighted by Crippen LogP contribution is -2.24. The normalized spacial score (nSPS) is 19.3. The zero-order chi connectivity index (χ0) is 15.9. The average molecular weight is 312 g/mol. The highest BCUT2D eigenvalue weighted by atomic mass is 16.3. The lowest BCUT2D eigenvalue weighted by Gasteiger charge is -2.19. The molecule has 0 unspecified atom stereocenters. The summed E-state index contributed by atoms with van der Waals surface area (Å²) in [5.74, 6) is 0.656. The van der Waals surface area contributed by atoms with Crippen molar-refractivity contribution in [2.45, 2.75) is 38.5 Å². The topological polar surface area (TPSA) is 61.3 Å². The third kappa shape index (κ3) is 5.01. The van der Waals surface area contributed by atoms with Crippen molar-refractivity contribution >= 4 is 5.95 Å². The van der Waals surface area contributed by atoms with Gasteiger partial charge in [-0.25, -0.2) is 9.97 Å². The predicted molar refractivity (Wildman–Crippen MR) is 90.9 cm³/mol. The molecule has 1 aliphatic rings. The molecule has 1 aromatic heterocycles. The van der Waals surface area contributed by atoms with Gasteiger partial charge in [-0.3, -0.25) is 4.90 Å². The molecule has 1 aromatic carbocycles. The number of likely N-dealkylation sites (tertiary alicyclic amines) is 1. The van der Waals surface area contributed by atoms with Crippen molar-refractivity contribution in [2.75, 3.05) is 18.4 Å². The molecule has 1 fully saturated rings. The van der Waals surface area contributed by atoms with Crippen LogP contribution in [0.15, 0.2) is 42.7 Å². The summed E-state index contributed by atoms with van der Waals surface area (Å²) in [6.07, 6.45) is 6.47. The summed E-state index contributed by atoms with van der Waals surface area (Å²) in [6.45, 7) is 3.55. The predicted octanol–water partition coefficient (Wildman–Crippen LogP) is 2.44. The Morgan fingerprint density at radius 1 is 1.04 bits per heavy atom. The van der Waals surface area contributed by atoms with Crippen molar-refractivity contribution in [3.05, 3.63) is 53.9 Å². The Bertz CT molecular complexity index is 588. The van der Waals surface area contributed by atoms with Crippen molar-refractivity contribution in [1.29, 1.82) is 0 Å². The lowest BCUT2D eigenvalue weighted by molar-refractivity contribution is 0.154. The van der Waals surface area contributed by atoms with Crippen LogP contribution in [0.25, 0.3) is 0 Å². The van der Waals surface area contributed by atoms with Crippen molar-refractivity contribution < 1.29 is 5.11 Å². The van der Waals surface area contributed by atoms with Crippen LogP contribution in [0.5, 0.6) is 0 Å². The molecular formula is C18H24N4O. The minimum Gasteiger partial charge on any atom is -0.393 e. The van der Waals surface area contributed by atoms with E-state index in [4.69, 9.17) is 0 Å². The second kappa shape index (κ2) is 8.04. The molecule has 2 heterocycles. The fraction of sp³-hybridized carbons (Fsp3) is 0.444. The van der Waals surface area contributed by atoms with E-state index in [9.17, 15) is 5.11 Å². The first kappa shape index (κ1) is 15.9. The van der Waals surface area contributed by atoms with Crippen LogP contribution in [-0.4, -0.2) is 39.2 Å². The SMILES string of the molecule is O[C@@H]1CCCN(Cc2cnc(NCc3ccccc3)nc2)CC1. The van der Waals surface area contributed by atoms with E-state index in [0.29, 0.717) is 5.95 Å². The number of rotatable bonds is 5. The molecule has 0 saturated carbocycles. The molecule has 1 saturated heterocycles. The third-order valence-electron chi connectivity index (χ3n) is 4.20. The number of aliphatic hydroxyl groups excluding tert-OH is 1. The van der Waals surface area contributed by atoms with Crippen molar-refractivity contribution in [1.82, 2.24) is 14.9 Å². The van der Waals surface area contributed by atoms with Gasteiger partial charge in [0.1, 0.15) is 0 Å². The average Bonchev–Trinajstić information content (AvgIpc) is 2.80. The van der Waals surface area contributed by atoms with Crippen LogP contribution in [0.4, 0.5) is 5.95 Å². The Kier molecular flexibility index (Phi) is 5.56. The van der Waals surface area contributed by atoms with Crippen LogP contribution >= 0.6 is 0 Å². The number of anilines is 1. The summed E-state index contributed by atoms with van der Waals surface area (Å²) >= 11 is 0. The van der Waals surface area contributed by atoms with Gasteiger partial charge in [-0.05, 0) is 31.4 Å². The molecule has 5 nitrogen and oxygen atoms in total. The van der Waals surface area contributed by atoms with Crippen LogP contribution in [0, 0.1) is 0 Å². The number of nitrogens with zero attached hydrogens (tertiary/aromatic N) is 3. The number of aliphatic hydroxyl groups is 1. The van der Waals surface area contributed by atoms with Gasteiger partial charge in [0.25, 0.3) is 0 Å². The van der Waals surface area contributed by atoms with Gasteiger partial charge in [0, 0.05) is 37.6 Å². The first-order chi connectivity index (χ1) is 11.3. The maximum Gasteiger partial charge on any atom is 0.222 e. The molecule has 1 atom stereocenters. The standard InChI is InChI=1S/C18H24N4O/c23-17-7-4-9-22(10-8-17)14-16-12-20-18(21-13-16)19-11-15-5-2-1-3-6-15/h1-3,5-6,12-13,17,23H,4,7-11,14H2,(H,19,20,21)/t17-/m1/s1. The molecule has 0 bridgehead atoms. The van der Waals surface area contributed by atoms with E-state index in [-0.39, 0.29) is 6.10 Å². The zero-order valence-corrected chi connectivity index (χ0v) is 13.4. The largest absolute Gasteiger partial charge is 0.393 e. The fourth-order valence-corrected chi connectivity index (χ4v) is 2.86. The molecule has 23 heavy (non-hydrogen) atoms. The highest BCUT2D eigenvalue weighted by Gasteiger charge is 2.15. The summed E-state index contributed by atoms with van der Waals surface area (Å²) in [5.41, 5.74) is 2.33. The van der Waals surface area contributed by atoms with Gasteiger partial charge < -0.3 is 10.4 Å². The molecular weight excluding hydrogens is 288 g/mol. The van der Waals surface area contributed by atoms with Crippen LogP contribution < -0.4 is 5.32 Å². The van der Waals surface area contributed by atoms with E-state index < -0.39 is 0 Å². The molecule has 3 rings (SSSR count). The summed E-state index contributed by atoms with van der Waals surface area (Å²) in [4.78, 5) is 11.2. The zero-order valence-electron chi connectivity index (χ0n) is 13.4. The number of aromatic nitrogens is 2. The molecule has 5 heteroatoms. The minimum atomic E-state index is -0.138. The monoisotopic (exact) mass is 312 g/mol. The van der Waals surface area contributed by atoms with Crippen LogP contribution in [-0.2, 0) is 13.1 Å². The lowest BCUT2D eigenvalue weighted by atomic mass is 10.2. The number of nitrogens with one attached hydrogen (secondary N) is 1. The third-order valence-corrected chi connectivity index (χ3v) is 4.20. The highest BCUT2D eigenvalue weighted by molar-refractivity contribution is 5.27. The Hall–Kier alpha value is -1.98. The van der Waals surface area contributed by atoms with E-state index in [0.717, 1.165) is 51.0 Å². The Balaban J connectivity index is 1.50. The van der Waals surface area contributed by atoms with Crippen LogP contribution in [0.3, 0.4) is 0 Å². The quantitative estimate of drug-likeness (QED) is 0.888. The summed E-state index contributed by atoms with van der Waals surface area (Å²) in [6, 6.07) is 10.2. The molecule has 0 radical (unpaired) electrons. The van der Waals surface area contributed by atoms with Crippen molar-refractivity contribution in [3.8, 4) is 0 Å². The summed E-state index contributed by atoms with van der Waals surface area (Å²) in [5, 5.41) is 12.9. The Labute approximate surface area is 137 Å². The van der Waals surface area contributed by atoms with Crippen molar-refractivity contribution in [2.24, 2.45) is 0 Å². The van der Waals surface area contributed by atoms with E-state index in [2.05, 4.69) is 32.3 Å². The molecule has 1 aliphatic heterocycles. The Morgan fingerprint density at radius 3 is 2.61 bits per heavy atom. The number of hydrogen-bond acceptors (Lipinski definition) is 5. The van der Waals surface area contributed by atoms with Gasteiger partial charge in [0.2, 0.25) is 5.95 Å². The molecule has 2 aromatic rings. The second-order valence-corrected chi connectivity index (χ2v) is 6.11. The first-order valence-corrected chi connectivity index (χ1v) is 8.29. The first-order valence-electron chi connectivity index (χ1n) is 8.29. The fourth-order valence-electron chi connectivity index (χ4n) is 2.86. The van der Waals surface area contributed by atoms with Gasteiger partial charge in [0.05, 0.1) is 6.10 Å². The second-order valence-electron chi connectivity index (χ2n) is 6.11. The maximum atomic E-state index is 9.70. The summed E-state index contributed by atoms with van der Waals surface area (Å²) < 4.78 is 0. The van der Waals surface area contributed by atoms with Crippen LogP contribution in [0.2, 0.25) is 0 Å². The number of hydrogen-bond donors (Lipinski definition) is 2. The Morgan fingerprint density at radius 2 is 1.83 bits per heavy atom. The smallest absolute Gasteiger partial charge is 0.222 e. The number of benzene rings is 1. The molecule has 2 N–H and O–H groups in total. The molecule has 122 valence electrons. The van der Waals surface area contributed by atoms with Gasteiger partial charge >= 0.3 is 0 Å². The van der Waals surface area contributed by atoms with Gasteiger partial charge in [-0.2, -0.15) is 0 Å². The van der Waals surface area contributed by atoms with Gasteiger partial charge in [0.15, 0.2) is 0 Å². The van der Waals surface area contributed by atoms with Crippen LogP contribution in [0.1, 0.15) is 30.4 Å². The minimum absolute atomic E-state index is 0.138. The highest BCUT2D eigenvalue weighted by Crippen LogP contribution is 2.13. The van der Waals surface area contributed by atoms with E-state index in [1.165, 1.54) is 5.56 Å². The van der Waals surface area contributed by atoms with Gasteiger partial charge in [-0.1, -0.05) is 30.3 Å². The summed E-state index contributed by atoms with van der Waals surface area (Å²) in [7, 11) is 0. The van der Waals surface area contributed by atoms with E-state index >= 15 is 0 Å². The maximum absolute atomic E-state index is 9.70. The van der Waals surface area contributed by atoms with Gasteiger partial charge in [-0.15, -0.1) is 0 Å². The molecule has 0 aliphatic carbocycles. The molecule has 0 spiro atoms.